The minimum atomic E-state index is -0.285. The molecule has 0 spiro atoms. The molecule has 0 unspecified atom stereocenters. The highest BCUT2D eigenvalue weighted by molar-refractivity contribution is 5.91. The van der Waals surface area contributed by atoms with Gasteiger partial charge in [-0.1, -0.05) is 0 Å². The Bertz CT molecular complexity index is 381. The number of rotatable bonds is 3. The van der Waals surface area contributed by atoms with Crippen molar-refractivity contribution in [2.45, 2.75) is 25.8 Å². The van der Waals surface area contributed by atoms with E-state index < -0.39 is 0 Å². The summed E-state index contributed by atoms with van der Waals surface area (Å²) >= 11 is 0. The molecule has 1 saturated carbocycles. The molecule has 14 heavy (non-hydrogen) atoms. The van der Waals surface area contributed by atoms with Crippen molar-refractivity contribution in [2.75, 3.05) is 5.32 Å². The molecule has 0 aromatic carbocycles. The fraction of sp³-hybridized carbons (Fsp3) is 0.500. The second-order valence-electron chi connectivity index (χ2n) is 3.26. The van der Waals surface area contributed by atoms with Crippen LogP contribution in [-0.2, 0) is 4.79 Å². The van der Waals surface area contributed by atoms with Gasteiger partial charge in [0.15, 0.2) is 6.04 Å². The lowest BCUT2D eigenvalue weighted by molar-refractivity contribution is -0.766. The average Bonchev–Trinajstić information content (AvgIpc) is 2.88. The molecule has 1 aromatic heterocycles. The number of nitrogens with one attached hydrogen (secondary N) is 1. The van der Waals surface area contributed by atoms with Crippen molar-refractivity contribution in [3.63, 3.8) is 0 Å². The maximum Gasteiger partial charge on any atom is 0.337 e. The summed E-state index contributed by atoms with van der Waals surface area (Å²) in [7, 11) is 0. The summed E-state index contributed by atoms with van der Waals surface area (Å²) in [4.78, 5) is 21.5. The first-order chi connectivity index (χ1) is 6.72. The average molecular weight is 196 g/mol. The number of nitrogens with zero attached hydrogens (tertiary/aromatic N) is 2. The van der Waals surface area contributed by atoms with Crippen molar-refractivity contribution >= 4 is 18.1 Å². The molecular weight excluding hydrogens is 186 g/mol. The van der Waals surface area contributed by atoms with Crippen LogP contribution in [0, 0.1) is 0 Å². The Morgan fingerprint density at radius 3 is 2.93 bits per heavy atom. The predicted octanol–water partition coefficient (Wildman–Crippen LogP) is 0.0679. The number of aldehydes is 1. The molecule has 6 heteroatoms. The van der Waals surface area contributed by atoms with Gasteiger partial charge in [-0.2, -0.15) is 0 Å². The molecule has 6 nitrogen and oxygen atoms in total. The molecule has 1 N–H and O–H groups in total. The zero-order valence-electron chi connectivity index (χ0n) is 7.69. The van der Waals surface area contributed by atoms with E-state index in [1.807, 2.05) is 0 Å². The van der Waals surface area contributed by atoms with Crippen molar-refractivity contribution in [1.29, 1.82) is 0 Å². The Kier molecular flexibility index (Phi) is 2.03. The molecule has 1 aliphatic rings. The Hall–Kier alpha value is -1.72. The zero-order chi connectivity index (χ0) is 10.1. The van der Waals surface area contributed by atoms with Gasteiger partial charge in [-0.25, -0.2) is 0 Å². The van der Waals surface area contributed by atoms with Crippen LogP contribution in [0.1, 0.15) is 36.3 Å². The number of carbonyl (C=O) groups is 2. The quantitative estimate of drug-likeness (QED) is 0.548. The van der Waals surface area contributed by atoms with E-state index in [1.165, 1.54) is 11.6 Å². The van der Waals surface area contributed by atoms with E-state index in [0.29, 0.717) is 12.0 Å². The number of hydrogen-bond acceptors (Lipinski definition) is 4. The normalized spacial score (nSPS) is 15.2. The van der Waals surface area contributed by atoms with Gasteiger partial charge < -0.3 is 0 Å². The molecule has 74 valence electrons. The van der Waals surface area contributed by atoms with Crippen molar-refractivity contribution in [3.05, 3.63) is 5.69 Å². The van der Waals surface area contributed by atoms with Crippen LogP contribution in [0.15, 0.2) is 4.52 Å². The SMILES string of the molecule is CC(=O)Nc1on[n+](C2CC2)c1C=O. The number of amides is 1. The van der Waals surface area contributed by atoms with Crippen molar-refractivity contribution in [1.82, 2.24) is 5.27 Å². The van der Waals surface area contributed by atoms with Crippen LogP contribution in [0.25, 0.3) is 0 Å². The highest BCUT2D eigenvalue weighted by Crippen LogP contribution is 2.29. The Morgan fingerprint density at radius 2 is 2.43 bits per heavy atom. The molecular formula is C8H10N3O3+. The lowest BCUT2D eigenvalue weighted by Crippen LogP contribution is -2.38. The van der Waals surface area contributed by atoms with Crippen molar-refractivity contribution in [3.8, 4) is 0 Å². The lowest BCUT2D eigenvalue weighted by Gasteiger charge is -1.90. The van der Waals surface area contributed by atoms with E-state index in [4.69, 9.17) is 4.52 Å². The first-order valence-corrected chi connectivity index (χ1v) is 4.36. The van der Waals surface area contributed by atoms with Gasteiger partial charge in [-0.05, 0) is 4.68 Å². The lowest BCUT2D eigenvalue weighted by atomic mass is 10.4. The third-order valence-corrected chi connectivity index (χ3v) is 1.99. The van der Waals surface area contributed by atoms with Crippen LogP contribution in [0.5, 0.6) is 0 Å². The number of anilines is 1. The predicted molar refractivity (Wildman–Crippen MR) is 44.7 cm³/mol. The Balaban J connectivity index is 2.30. The first-order valence-electron chi connectivity index (χ1n) is 4.36. The van der Waals surface area contributed by atoms with E-state index >= 15 is 0 Å². The molecule has 0 saturated heterocycles. The fourth-order valence-electron chi connectivity index (χ4n) is 1.22. The van der Waals surface area contributed by atoms with Gasteiger partial charge in [-0.3, -0.25) is 19.4 Å². The molecule has 0 bridgehead atoms. The summed E-state index contributed by atoms with van der Waals surface area (Å²) in [5.74, 6) is -0.161. The largest absolute Gasteiger partial charge is 0.337 e. The summed E-state index contributed by atoms with van der Waals surface area (Å²) in [5, 5.41) is 6.10. The maximum absolute atomic E-state index is 10.8. The topological polar surface area (TPSA) is 76.1 Å². The van der Waals surface area contributed by atoms with Crippen LogP contribution in [-0.4, -0.2) is 17.5 Å². The molecule has 1 fully saturated rings. The second kappa shape index (κ2) is 3.21. The van der Waals surface area contributed by atoms with Gasteiger partial charge in [0, 0.05) is 19.8 Å². The Labute approximate surface area is 79.9 Å². The molecule has 0 radical (unpaired) electrons. The van der Waals surface area contributed by atoms with Crippen LogP contribution >= 0.6 is 0 Å². The van der Waals surface area contributed by atoms with E-state index in [9.17, 15) is 9.59 Å². The molecule has 1 aliphatic carbocycles. The van der Waals surface area contributed by atoms with Crippen LogP contribution in [0.4, 0.5) is 5.88 Å². The summed E-state index contributed by atoms with van der Waals surface area (Å²) in [6.45, 7) is 1.35. The third-order valence-electron chi connectivity index (χ3n) is 1.99. The molecule has 0 aliphatic heterocycles. The number of hydrogen-bond donors (Lipinski definition) is 1. The van der Waals surface area contributed by atoms with Gasteiger partial charge in [-0.15, -0.1) is 0 Å². The van der Waals surface area contributed by atoms with Crippen molar-refractivity contribution < 1.29 is 18.8 Å². The number of aromatic nitrogens is 2. The highest BCUT2D eigenvalue weighted by Gasteiger charge is 2.40. The summed E-state index contributed by atoms with van der Waals surface area (Å²) < 4.78 is 6.36. The fourth-order valence-corrected chi connectivity index (χ4v) is 1.22. The van der Waals surface area contributed by atoms with E-state index in [-0.39, 0.29) is 17.8 Å². The van der Waals surface area contributed by atoms with Crippen LogP contribution < -0.4 is 10.00 Å². The summed E-state index contributed by atoms with van der Waals surface area (Å²) in [5.41, 5.74) is 0.294. The van der Waals surface area contributed by atoms with E-state index in [2.05, 4.69) is 10.6 Å². The van der Waals surface area contributed by atoms with Crippen molar-refractivity contribution in [2.24, 2.45) is 0 Å². The van der Waals surface area contributed by atoms with Crippen LogP contribution in [0.3, 0.4) is 0 Å². The number of carbonyl (C=O) groups excluding carboxylic acids is 2. The minimum Gasteiger partial charge on any atom is -0.291 e. The first kappa shape index (κ1) is 8.86. The van der Waals surface area contributed by atoms with Gasteiger partial charge in [0.2, 0.25) is 17.5 Å². The highest BCUT2D eigenvalue weighted by atomic mass is 16.5. The van der Waals surface area contributed by atoms with E-state index in [0.717, 1.165) is 12.8 Å². The monoisotopic (exact) mass is 196 g/mol. The zero-order valence-corrected chi connectivity index (χ0v) is 7.69. The molecule has 1 aromatic rings. The standard InChI is InChI=1S/C8H9N3O3/c1-5(13)9-8-7(4-12)11(10-14-8)6-2-3-6/h4,6H,2-3H2,1H3/p+1. The van der Waals surface area contributed by atoms with Gasteiger partial charge in [0.05, 0.1) is 0 Å². The molecule has 2 rings (SSSR count). The molecule has 0 atom stereocenters. The van der Waals surface area contributed by atoms with Gasteiger partial charge in [0.25, 0.3) is 0 Å². The van der Waals surface area contributed by atoms with Crippen LogP contribution in [0.2, 0.25) is 0 Å². The minimum absolute atomic E-state index is 0.124. The van der Waals surface area contributed by atoms with Gasteiger partial charge in [0.1, 0.15) is 0 Å². The summed E-state index contributed by atoms with van der Waals surface area (Å²) in [6, 6.07) is 0.251. The molecule has 1 heterocycles. The third kappa shape index (κ3) is 1.50. The van der Waals surface area contributed by atoms with E-state index in [1.54, 1.807) is 0 Å². The maximum atomic E-state index is 10.8. The second-order valence-corrected chi connectivity index (χ2v) is 3.26. The smallest absolute Gasteiger partial charge is 0.291 e. The molecule has 1 amide bonds. The van der Waals surface area contributed by atoms with Gasteiger partial charge >= 0.3 is 11.6 Å². The Morgan fingerprint density at radius 1 is 1.71 bits per heavy atom. The summed E-state index contributed by atoms with van der Waals surface area (Å²) in [6.07, 6.45) is 2.63.